The van der Waals surface area contributed by atoms with Gasteiger partial charge in [0.25, 0.3) is 0 Å². The van der Waals surface area contributed by atoms with Crippen LogP contribution in [0.3, 0.4) is 0 Å². The van der Waals surface area contributed by atoms with Crippen LogP contribution in [-0.4, -0.2) is 61.7 Å². The number of hydrogen-bond donors (Lipinski definition) is 1. The second kappa shape index (κ2) is 8.62. The van der Waals surface area contributed by atoms with Crippen LogP contribution in [0.25, 0.3) is 6.08 Å². The van der Waals surface area contributed by atoms with Crippen molar-refractivity contribution >= 4 is 6.08 Å². The van der Waals surface area contributed by atoms with E-state index >= 15 is 0 Å². The molecule has 0 unspecified atom stereocenters. The van der Waals surface area contributed by atoms with Crippen molar-refractivity contribution in [2.24, 2.45) is 0 Å². The van der Waals surface area contributed by atoms with Crippen LogP contribution in [0, 0.1) is 0 Å². The van der Waals surface area contributed by atoms with Crippen molar-refractivity contribution < 1.29 is 0 Å². The molecule has 1 aromatic rings. The molecule has 0 amide bonds. The predicted molar refractivity (Wildman–Crippen MR) is 101 cm³/mol. The molecular formula is C20H33N3. The number of rotatable bonds is 7. The summed E-state index contributed by atoms with van der Waals surface area (Å²) in [5.41, 5.74) is 2.83. The summed E-state index contributed by atoms with van der Waals surface area (Å²) in [5.74, 6) is 0. The first-order valence-electron chi connectivity index (χ1n) is 8.83. The van der Waals surface area contributed by atoms with Crippen molar-refractivity contribution in [2.45, 2.75) is 32.7 Å². The van der Waals surface area contributed by atoms with Gasteiger partial charge in [-0.3, -0.25) is 0 Å². The third kappa shape index (κ3) is 6.86. The van der Waals surface area contributed by atoms with Crippen LogP contribution in [0.4, 0.5) is 0 Å². The first-order valence-corrected chi connectivity index (χ1v) is 8.83. The minimum atomic E-state index is 0.176. The van der Waals surface area contributed by atoms with E-state index < -0.39 is 0 Å². The Kier molecular flexibility index (Phi) is 6.82. The van der Waals surface area contributed by atoms with E-state index in [1.165, 1.54) is 50.3 Å². The lowest BCUT2D eigenvalue weighted by Gasteiger charge is -2.35. The lowest BCUT2D eigenvalue weighted by atomic mass is 9.99. The van der Waals surface area contributed by atoms with E-state index in [9.17, 15) is 0 Å². The Morgan fingerprint density at radius 3 is 2.43 bits per heavy atom. The number of nitrogens with zero attached hydrogens (tertiary/aromatic N) is 2. The lowest BCUT2D eigenvalue weighted by Crippen LogP contribution is -2.48. The second-order valence-corrected chi connectivity index (χ2v) is 7.53. The first kappa shape index (κ1) is 18.2. The standard InChI is InChI=1S/C20H33N3/c1-18(16-19-8-6-5-7-9-19)17-21-20(2,3)10-11-23-14-12-22(4)13-15-23/h5-9,16,21H,10-15,17H2,1-4H3/b18-16+. The van der Waals surface area contributed by atoms with E-state index in [1.807, 2.05) is 0 Å². The summed E-state index contributed by atoms with van der Waals surface area (Å²) in [6.07, 6.45) is 3.46. The van der Waals surface area contributed by atoms with Gasteiger partial charge in [0.1, 0.15) is 0 Å². The molecule has 3 nitrogen and oxygen atoms in total. The summed E-state index contributed by atoms with van der Waals surface area (Å²) >= 11 is 0. The maximum Gasteiger partial charge on any atom is 0.0170 e. The number of likely N-dealkylation sites (N-methyl/N-ethyl adjacent to an activating group) is 1. The Labute approximate surface area is 142 Å². The number of piperazine rings is 1. The second-order valence-electron chi connectivity index (χ2n) is 7.53. The summed E-state index contributed by atoms with van der Waals surface area (Å²) in [7, 11) is 2.21. The zero-order valence-electron chi connectivity index (χ0n) is 15.3. The average Bonchev–Trinajstić information content (AvgIpc) is 2.54. The summed E-state index contributed by atoms with van der Waals surface area (Å²) in [6, 6.07) is 10.6. The molecule has 23 heavy (non-hydrogen) atoms. The highest BCUT2D eigenvalue weighted by molar-refractivity contribution is 5.52. The van der Waals surface area contributed by atoms with Crippen molar-refractivity contribution in [1.82, 2.24) is 15.1 Å². The molecule has 0 saturated carbocycles. The molecule has 1 fully saturated rings. The van der Waals surface area contributed by atoms with Crippen LogP contribution in [0.2, 0.25) is 0 Å². The highest BCUT2D eigenvalue weighted by Crippen LogP contribution is 2.12. The summed E-state index contributed by atoms with van der Waals surface area (Å²) in [4.78, 5) is 5.01. The Morgan fingerprint density at radius 2 is 1.78 bits per heavy atom. The van der Waals surface area contributed by atoms with Gasteiger partial charge in [-0.15, -0.1) is 0 Å². The largest absolute Gasteiger partial charge is 0.308 e. The van der Waals surface area contributed by atoms with Gasteiger partial charge in [0, 0.05) is 38.3 Å². The van der Waals surface area contributed by atoms with Gasteiger partial charge in [-0.25, -0.2) is 0 Å². The van der Waals surface area contributed by atoms with Crippen molar-refractivity contribution in [1.29, 1.82) is 0 Å². The number of benzene rings is 1. The molecule has 0 radical (unpaired) electrons. The van der Waals surface area contributed by atoms with Crippen LogP contribution in [-0.2, 0) is 0 Å². The van der Waals surface area contributed by atoms with Crippen molar-refractivity contribution in [3.05, 3.63) is 41.5 Å². The van der Waals surface area contributed by atoms with Gasteiger partial charge in [-0.2, -0.15) is 0 Å². The van der Waals surface area contributed by atoms with Crippen molar-refractivity contribution in [2.75, 3.05) is 46.3 Å². The normalized spacial score (nSPS) is 18.3. The summed E-state index contributed by atoms with van der Waals surface area (Å²) in [5, 5.41) is 3.72. The summed E-state index contributed by atoms with van der Waals surface area (Å²) < 4.78 is 0. The minimum Gasteiger partial charge on any atom is -0.308 e. The molecule has 0 spiro atoms. The van der Waals surface area contributed by atoms with E-state index in [1.54, 1.807) is 0 Å². The van der Waals surface area contributed by atoms with E-state index in [0.29, 0.717) is 0 Å². The maximum atomic E-state index is 3.72. The van der Waals surface area contributed by atoms with E-state index in [2.05, 4.69) is 79.3 Å². The lowest BCUT2D eigenvalue weighted by molar-refractivity contribution is 0.142. The van der Waals surface area contributed by atoms with E-state index in [0.717, 1.165) is 6.54 Å². The fourth-order valence-corrected chi connectivity index (χ4v) is 2.86. The predicted octanol–water partition coefficient (Wildman–Crippen LogP) is 3.10. The zero-order chi connectivity index (χ0) is 16.7. The SMILES string of the molecule is C/C(=C\c1ccccc1)CNC(C)(C)CCN1CCN(C)CC1. The third-order valence-corrected chi connectivity index (χ3v) is 4.71. The van der Waals surface area contributed by atoms with Gasteiger partial charge in [-0.1, -0.05) is 42.0 Å². The molecular weight excluding hydrogens is 282 g/mol. The highest BCUT2D eigenvalue weighted by atomic mass is 15.2. The van der Waals surface area contributed by atoms with Gasteiger partial charge >= 0.3 is 0 Å². The third-order valence-electron chi connectivity index (χ3n) is 4.71. The van der Waals surface area contributed by atoms with Crippen LogP contribution >= 0.6 is 0 Å². The first-order chi connectivity index (χ1) is 10.9. The fourth-order valence-electron chi connectivity index (χ4n) is 2.86. The number of nitrogens with one attached hydrogen (secondary N) is 1. The van der Waals surface area contributed by atoms with E-state index in [-0.39, 0.29) is 5.54 Å². The highest BCUT2D eigenvalue weighted by Gasteiger charge is 2.20. The molecule has 1 aliphatic rings. The average molecular weight is 316 g/mol. The molecule has 3 heteroatoms. The van der Waals surface area contributed by atoms with Gasteiger partial charge in [0.2, 0.25) is 0 Å². The molecule has 128 valence electrons. The fraction of sp³-hybridized carbons (Fsp3) is 0.600. The van der Waals surface area contributed by atoms with E-state index in [4.69, 9.17) is 0 Å². The molecule has 1 aliphatic heterocycles. The van der Waals surface area contributed by atoms with Crippen LogP contribution in [0.15, 0.2) is 35.9 Å². The molecule has 0 aliphatic carbocycles. The van der Waals surface area contributed by atoms with Gasteiger partial charge in [0.15, 0.2) is 0 Å². The Balaban J connectivity index is 1.74. The number of hydrogen-bond acceptors (Lipinski definition) is 3. The maximum absolute atomic E-state index is 3.72. The monoisotopic (exact) mass is 315 g/mol. The molecule has 1 aromatic carbocycles. The van der Waals surface area contributed by atoms with Crippen molar-refractivity contribution in [3.63, 3.8) is 0 Å². The summed E-state index contributed by atoms with van der Waals surface area (Å²) in [6.45, 7) is 13.8. The Morgan fingerprint density at radius 1 is 1.13 bits per heavy atom. The van der Waals surface area contributed by atoms with Crippen LogP contribution in [0.1, 0.15) is 32.8 Å². The Bertz CT molecular complexity index is 485. The smallest absolute Gasteiger partial charge is 0.0170 e. The Hall–Kier alpha value is -1.16. The molecule has 2 rings (SSSR count). The molecule has 0 atom stereocenters. The molecule has 1 N–H and O–H groups in total. The van der Waals surface area contributed by atoms with Gasteiger partial charge in [-0.05, 0) is 46.3 Å². The zero-order valence-corrected chi connectivity index (χ0v) is 15.3. The van der Waals surface area contributed by atoms with Gasteiger partial charge in [0.05, 0.1) is 0 Å². The quantitative estimate of drug-likeness (QED) is 0.834. The molecule has 0 aromatic heterocycles. The molecule has 1 heterocycles. The topological polar surface area (TPSA) is 18.5 Å². The van der Waals surface area contributed by atoms with Crippen LogP contribution in [0.5, 0.6) is 0 Å². The molecule has 0 bridgehead atoms. The van der Waals surface area contributed by atoms with Gasteiger partial charge < -0.3 is 15.1 Å². The van der Waals surface area contributed by atoms with Crippen molar-refractivity contribution in [3.8, 4) is 0 Å². The van der Waals surface area contributed by atoms with Crippen LogP contribution < -0.4 is 5.32 Å². The minimum absolute atomic E-state index is 0.176. The molecule has 1 saturated heterocycles.